The Bertz CT molecular complexity index is 529. The van der Waals surface area contributed by atoms with E-state index in [-0.39, 0.29) is 30.4 Å². The van der Waals surface area contributed by atoms with E-state index in [9.17, 15) is 9.59 Å². The van der Waals surface area contributed by atoms with E-state index in [0.29, 0.717) is 0 Å². The van der Waals surface area contributed by atoms with E-state index in [0.717, 1.165) is 32.2 Å². The molecule has 2 fully saturated rings. The third-order valence-corrected chi connectivity index (χ3v) is 4.60. The quantitative estimate of drug-likeness (QED) is 0.850. The number of benzene rings is 1. The van der Waals surface area contributed by atoms with Crippen molar-refractivity contribution >= 4 is 11.8 Å². The number of fused-ring (bicyclic) bond motifs is 1. The van der Waals surface area contributed by atoms with Crippen LogP contribution >= 0.6 is 0 Å². The molecule has 2 atom stereocenters. The van der Waals surface area contributed by atoms with Gasteiger partial charge in [0.15, 0.2) is 0 Å². The van der Waals surface area contributed by atoms with Crippen LogP contribution in [-0.4, -0.2) is 46.8 Å². The van der Waals surface area contributed by atoms with Crippen molar-refractivity contribution in [2.45, 2.75) is 44.7 Å². The molecule has 0 aromatic heterocycles. The largest absolute Gasteiger partial charge is 0.329 e. The van der Waals surface area contributed by atoms with E-state index in [1.54, 1.807) is 9.80 Å². The minimum Gasteiger partial charge on any atom is -0.329 e. The Morgan fingerprint density at radius 3 is 2.71 bits per heavy atom. The van der Waals surface area contributed by atoms with Crippen LogP contribution in [0.2, 0.25) is 0 Å². The van der Waals surface area contributed by atoms with E-state index in [1.165, 1.54) is 5.56 Å². The summed E-state index contributed by atoms with van der Waals surface area (Å²) in [5.41, 5.74) is 1.20. The van der Waals surface area contributed by atoms with Crippen LogP contribution in [0.5, 0.6) is 0 Å². The smallest absolute Gasteiger partial charge is 0.246 e. The van der Waals surface area contributed by atoms with Crippen molar-refractivity contribution in [2.75, 3.05) is 13.1 Å². The second kappa shape index (κ2) is 5.88. The van der Waals surface area contributed by atoms with Gasteiger partial charge in [0, 0.05) is 12.6 Å². The molecule has 0 saturated carbocycles. The molecule has 1 aromatic rings. The average Bonchev–Trinajstić information content (AvgIpc) is 2.52. The molecule has 2 unspecified atom stereocenters. The van der Waals surface area contributed by atoms with Gasteiger partial charge in [0.1, 0.15) is 12.6 Å². The van der Waals surface area contributed by atoms with Gasteiger partial charge in [0.2, 0.25) is 11.8 Å². The van der Waals surface area contributed by atoms with Gasteiger partial charge in [-0.05, 0) is 38.2 Å². The standard InChI is InChI=1S/C17H22N2O2/c1-13(11-14-7-3-2-4-8-14)19-12-16(20)18-10-6-5-9-15(18)17(19)21/h2-4,7-8,13,15H,5-6,9-12H2,1H3. The lowest BCUT2D eigenvalue weighted by atomic mass is 9.96. The van der Waals surface area contributed by atoms with Crippen LogP contribution in [0.4, 0.5) is 0 Å². The van der Waals surface area contributed by atoms with Crippen molar-refractivity contribution in [3.05, 3.63) is 35.9 Å². The number of amides is 2. The lowest BCUT2D eigenvalue weighted by Gasteiger charge is -2.44. The molecule has 2 amide bonds. The van der Waals surface area contributed by atoms with Gasteiger partial charge in [-0.1, -0.05) is 30.3 Å². The Labute approximate surface area is 125 Å². The fourth-order valence-corrected chi connectivity index (χ4v) is 3.43. The maximum atomic E-state index is 12.7. The summed E-state index contributed by atoms with van der Waals surface area (Å²) in [5.74, 6) is 0.247. The first-order valence-corrected chi connectivity index (χ1v) is 7.80. The van der Waals surface area contributed by atoms with Crippen LogP contribution in [-0.2, 0) is 16.0 Å². The van der Waals surface area contributed by atoms with Crippen LogP contribution in [0.3, 0.4) is 0 Å². The van der Waals surface area contributed by atoms with Crippen LogP contribution in [0.15, 0.2) is 30.3 Å². The molecule has 0 bridgehead atoms. The Balaban J connectivity index is 1.72. The summed E-state index contributed by atoms with van der Waals surface area (Å²) in [6, 6.07) is 10.00. The van der Waals surface area contributed by atoms with Gasteiger partial charge < -0.3 is 9.80 Å². The highest BCUT2D eigenvalue weighted by Crippen LogP contribution is 2.25. The zero-order chi connectivity index (χ0) is 14.8. The van der Waals surface area contributed by atoms with E-state index < -0.39 is 0 Å². The minimum absolute atomic E-state index is 0.0629. The van der Waals surface area contributed by atoms with Gasteiger partial charge in [-0.3, -0.25) is 9.59 Å². The third-order valence-electron chi connectivity index (χ3n) is 4.60. The molecule has 0 radical (unpaired) electrons. The average molecular weight is 286 g/mol. The Kier molecular flexibility index (Phi) is 3.95. The maximum Gasteiger partial charge on any atom is 0.246 e. The summed E-state index contributed by atoms with van der Waals surface area (Å²) in [4.78, 5) is 28.5. The van der Waals surface area contributed by atoms with Gasteiger partial charge in [-0.25, -0.2) is 0 Å². The van der Waals surface area contributed by atoms with Gasteiger partial charge in [0.25, 0.3) is 0 Å². The molecule has 112 valence electrons. The summed E-state index contributed by atoms with van der Waals surface area (Å²) < 4.78 is 0. The third kappa shape index (κ3) is 2.80. The van der Waals surface area contributed by atoms with E-state index in [4.69, 9.17) is 0 Å². The predicted octanol–water partition coefficient (Wildman–Crippen LogP) is 1.84. The topological polar surface area (TPSA) is 40.6 Å². The van der Waals surface area contributed by atoms with Gasteiger partial charge in [-0.15, -0.1) is 0 Å². The first-order chi connectivity index (χ1) is 10.2. The molecular formula is C17H22N2O2. The normalized spacial score (nSPS) is 24.0. The van der Waals surface area contributed by atoms with Crippen molar-refractivity contribution in [1.29, 1.82) is 0 Å². The predicted molar refractivity (Wildman–Crippen MR) is 80.7 cm³/mol. The molecule has 1 aromatic carbocycles. The molecule has 3 rings (SSSR count). The molecule has 2 aliphatic heterocycles. The molecular weight excluding hydrogens is 264 g/mol. The van der Waals surface area contributed by atoms with E-state index >= 15 is 0 Å². The van der Waals surface area contributed by atoms with Crippen LogP contribution < -0.4 is 0 Å². The van der Waals surface area contributed by atoms with Gasteiger partial charge in [0.05, 0.1) is 0 Å². The van der Waals surface area contributed by atoms with E-state index in [1.807, 2.05) is 25.1 Å². The first kappa shape index (κ1) is 14.1. The monoisotopic (exact) mass is 286 g/mol. The molecule has 2 aliphatic rings. The van der Waals surface area contributed by atoms with Gasteiger partial charge in [-0.2, -0.15) is 0 Å². The zero-order valence-corrected chi connectivity index (χ0v) is 12.5. The summed E-state index contributed by atoms with van der Waals surface area (Å²) in [5, 5.41) is 0. The zero-order valence-electron chi connectivity index (χ0n) is 12.5. The molecule has 21 heavy (non-hydrogen) atoms. The number of piperazine rings is 1. The van der Waals surface area contributed by atoms with Crippen molar-refractivity contribution in [1.82, 2.24) is 9.80 Å². The summed E-state index contributed by atoms with van der Waals surface area (Å²) in [7, 11) is 0. The van der Waals surface area contributed by atoms with Crippen LogP contribution in [0.25, 0.3) is 0 Å². The molecule has 4 heteroatoms. The highest BCUT2D eigenvalue weighted by atomic mass is 16.2. The highest BCUT2D eigenvalue weighted by Gasteiger charge is 2.41. The molecule has 0 N–H and O–H groups in total. The molecule has 4 nitrogen and oxygen atoms in total. The van der Waals surface area contributed by atoms with E-state index in [2.05, 4.69) is 12.1 Å². The molecule has 0 aliphatic carbocycles. The second-order valence-electron chi connectivity index (χ2n) is 6.10. The fraction of sp³-hybridized carbons (Fsp3) is 0.529. The van der Waals surface area contributed by atoms with Crippen molar-refractivity contribution < 1.29 is 9.59 Å². The number of piperidine rings is 1. The van der Waals surface area contributed by atoms with Crippen LogP contribution in [0.1, 0.15) is 31.7 Å². The molecule has 2 saturated heterocycles. The number of hydrogen-bond donors (Lipinski definition) is 0. The second-order valence-corrected chi connectivity index (χ2v) is 6.10. The van der Waals surface area contributed by atoms with Crippen molar-refractivity contribution in [3.8, 4) is 0 Å². The minimum atomic E-state index is -0.210. The summed E-state index contributed by atoms with van der Waals surface area (Å²) >= 11 is 0. The Morgan fingerprint density at radius 2 is 1.95 bits per heavy atom. The SMILES string of the molecule is CC(Cc1ccccc1)N1CC(=O)N2CCCCC2C1=O. The Morgan fingerprint density at radius 1 is 1.19 bits per heavy atom. The first-order valence-electron chi connectivity index (χ1n) is 7.80. The maximum absolute atomic E-state index is 12.7. The number of rotatable bonds is 3. The number of hydrogen-bond acceptors (Lipinski definition) is 2. The lowest BCUT2D eigenvalue weighted by molar-refractivity contribution is -0.159. The number of nitrogens with zero attached hydrogens (tertiary/aromatic N) is 2. The Hall–Kier alpha value is -1.84. The fourth-order valence-electron chi connectivity index (χ4n) is 3.43. The molecule has 2 heterocycles. The lowest BCUT2D eigenvalue weighted by Crippen LogP contribution is -2.63. The van der Waals surface area contributed by atoms with Gasteiger partial charge >= 0.3 is 0 Å². The summed E-state index contributed by atoms with van der Waals surface area (Å²) in [6.07, 6.45) is 3.68. The number of carbonyl (C=O) groups excluding carboxylic acids is 2. The highest BCUT2D eigenvalue weighted by molar-refractivity contribution is 5.95. The number of carbonyl (C=O) groups is 2. The van der Waals surface area contributed by atoms with Crippen molar-refractivity contribution in [3.63, 3.8) is 0 Å². The van der Waals surface area contributed by atoms with Crippen LogP contribution in [0, 0.1) is 0 Å². The molecule has 0 spiro atoms. The summed E-state index contributed by atoms with van der Waals surface area (Å²) in [6.45, 7) is 3.02. The van der Waals surface area contributed by atoms with Crippen molar-refractivity contribution in [2.24, 2.45) is 0 Å².